The molecule has 0 aliphatic rings. The van der Waals surface area contributed by atoms with E-state index in [4.69, 9.17) is 5.11 Å². The van der Waals surface area contributed by atoms with Crippen molar-refractivity contribution < 1.29 is 19.7 Å². The van der Waals surface area contributed by atoms with Crippen molar-refractivity contribution in [3.8, 4) is 0 Å². The summed E-state index contributed by atoms with van der Waals surface area (Å²) in [6.07, 6.45) is 2.34. The highest BCUT2D eigenvalue weighted by Crippen LogP contribution is 2.31. The molecule has 1 heterocycles. The Bertz CT molecular complexity index is 780. The Hall–Kier alpha value is -3.23. The average molecular weight is 305 g/mol. The lowest BCUT2D eigenvalue weighted by Gasteiger charge is -2.04. The first-order valence-electron chi connectivity index (χ1n) is 6.12. The molecule has 2 aromatic rings. The standard InChI is InChI=1S/C13H11N3O6/c1-2-7-3-9-12(10(4-7)15(19)20)8(6-14-9)5-11(13(17)18)16(21)22/h2-4,6,11,14H,1,5H2,(H,17,18). The van der Waals surface area contributed by atoms with Crippen LogP contribution in [0.3, 0.4) is 0 Å². The van der Waals surface area contributed by atoms with Gasteiger partial charge in [0.1, 0.15) is 0 Å². The molecule has 22 heavy (non-hydrogen) atoms. The van der Waals surface area contributed by atoms with Gasteiger partial charge in [0.25, 0.3) is 5.69 Å². The molecule has 0 saturated heterocycles. The molecule has 1 unspecified atom stereocenters. The minimum Gasteiger partial charge on any atom is -0.476 e. The molecule has 0 amide bonds. The number of aromatic nitrogens is 1. The van der Waals surface area contributed by atoms with Crippen LogP contribution in [0, 0.1) is 20.2 Å². The number of H-pyrrole nitrogens is 1. The van der Waals surface area contributed by atoms with Crippen LogP contribution in [0.5, 0.6) is 0 Å². The topological polar surface area (TPSA) is 139 Å². The summed E-state index contributed by atoms with van der Waals surface area (Å²) in [7, 11) is 0. The highest BCUT2D eigenvalue weighted by Gasteiger charge is 2.32. The Labute approximate surface area is 123 Å². The van der Waals surface area contributed by atoms with Crippen molar-refractivity contribution in [2.45, 2.75) is 12.5 Å². The van der Waals surface area contributed by atoms with Crippen molar-refractivity contribution >= 4 is 28.6 Å². The predicted molar refractivity (Wildman–Crippen MR) is 77.2 cm³/mol. The smallest absolute Gasteiger partial charge is 0.379 e. The molecule has 2 N–H and O–H groups in total. The van der Waals surface area contributed by atoms with Crippen LogP contribution in [0.15, 0.2) is 24.9 Å². The number of nitrogens with zero attached hydrogens (tertiary/aromatic N) is 2. The second kappa shape index (κ2) is 5.64. The highest BCUT2D eigenvalue weighted by molar-refractivity contribution is 5.94. The number of benzene rings is 1. The average Bonchev–Trinajstić information content (AvgIpc) is 2.85. The van der Waals surface area contributed by atoms with E-state index in [-0.39, 0.29) is 16.6 Å². The van der Waals surface area contributed by atoms with E-state index in [0.29, 0.717) is 11.1 Å². The molecule has 0 bridgehead atoms. The van der Waals surface area contributed by atoms with Gasteiger partial charge in [0.2, 0.25) is 0 Å². The Morgan fingerprint density at radius 2 is 2.09 bits per heavy atom. The van der Waals surface area contributed by atoms with Crippen molar-refractivity contribution in [1.29, 1.82) is 0 Å². The van der Waals surface area contributed by atoms with E-state index in [1.165, 1.54) is 18.3 Å². The summed E-state index contributed by atoms with van der Waals surface area (Å²) in [5.74, 6) is -1.59. The summed E-state index contributed by atoms with van der Waals surface area (Å²) in [6, 6.07) is 1.02. The van der Waals surface area contributed by atoms with E-state index in [2.05, 4.69) is 11.6 Å². The Balaban J connectivity index is 2.61. The molecule has 1 atom stereocenters. The second-order valence-corrected chi connectivity index (χ2v) is 4.58. The molecule has 0 aliphatic heterocycles. The van der Waals surface area contributed by atoms with E-state index in [9.17, 15) is 25.0 Å². The van der Waals surface area contributed by atoms with Gasteiger partial charge < -0.3 is 10.1 Å². The van der Waals surface area contributed by atoms with Crippen LogP contribution in [0.1, 0.15) is 11.1 Å². The molecule has 9 heteroatoms. The molecule has 0 aliphatic carbocycles. The summed E-state index contributed by atoms with van der Waals surface area (Å²) in [5, 5.41) is 31.0. The zero-order chi connectivity index (χ0) is 16.4. The predicted octanol–water partition coefficient (Wildman–Crippen LogP) is 1.99. The number of rotatable bonds is 6. The van der Waals surface area contributed by atoms with Gasteiger partial charge in [-0.3, -0.25) is 20.2 Å². The number of carboxylic acid groups (broad SMARTS) is 1. The Morgan fingerprint density at radius 1 is 1.41 bits per heavy atom. The summed E-state index contributed by atoms with van der Waals surface area (Å²) in [6.45, 7) is 3.54. The minimum atomic E-state index is -1.86. The maximum absolute atomic E-state index is 11.2. The maximum Gasteiger partial charge on any atom is 0.379 e. The minimum absolute atomic E-state index is 0.170. The highest BCUT2D eigenvalue weighted by atomic mass is 16.6. The molecule has 1 aromatic heterocycles. The van der Waals surface area contributed by atoms with E-state index in [1.54, 1.807) is 6.07 Å². The second-order valence-electron chi connectivity index (χ2n) is 4.58. The number of fused-ring (bicyclic) bond motifs is 1. The summed E-state index contributed by atoms with van der Waals surface area (Å²) in [5.41, 5.74) is 0.862. The Kier molecular flexibility index (Phi) is 3.89. The van der Waals surface area contributed by atoms with Crippen molar-refractivity contribution in [3.63, 3.8) is 0 Å². The lowest BCUT2D eigenvalue weighted by molar-refractivity contribution is -0.509. The van der Waals surface area contributed by atoms with Gasteiger partial charge in [-0.05, 0) is 17.2 Å². The number of hydrogen-bond acceptors (Lipinski definition) is 5. The van der Waals surface area contributed by atoms with Gasteiger partial charge in [-0.15, -0.1) is 0 Å². The van der Waals surface area contributed by atoms with Crippen LogP contribution in [-0.2, 0) is 11.2 Å². The molecular formula is C13H11N3O6. The number of nitro benzene ring substituents is 1. The lowest BCUT2D eigenvalue weighted by atomic mass is 10.0. The van der Waals surface area contributed by atoms with Crippen LogP contribution in [0.2, 0.25) is 0 Å². The normalized spacial score (nSPS) is 12.0. The summed E-state index contributed by atoms with van der Waals surface area (Å²) >= 11 is 0. The number of non-ortho nitro benzene ring substituents is 1. The van der Waals surface area contributed by atoms with E-state index in [1.807, 2.05) is 0 Å². The van der Waals surface area contributed by atoms with E-state index in [0.717, 1.165) is 0 Å². The zero-order valence-electron chi connectivity index (χ0n) is 11.2. The molecule has 1 aromatic carbocycles. The number of nitrogens with one attached hydrogen (secondary N) is 1. The van der Waals surface area contributed by atoms with Gasteiger partial charge >= 0.3 is 12.0 Å². The third-order valence-electron chi connectivity index (χ3n) is 3.25. The van der Waals surface area contributed by atoms with Gasteiger partial charge in [-0.25, -0.2) is 4.79 Å². The van der Waals surface area contributed by atoms with Crippen LogP contribution >= 0.6 is 0 Å². The van der Waals surface area contributed by atoms with Gasteiger partial charge in [0.05, 0.1) is 22.2 Å². The quantitative estimate of drug-likeness (QED) is 0.617. The maximum atomic E-state index is 11.2. The number of aliphatic carboxylic acids is 1. The monoisotopic (exact) mass is 305 g/mol. The largest absolute Gasteiger partial charge is 0.476 e. The number of hydrogen-bond donors (Lipinski definition) is 2. The molecule has 9 nitrogen and oxygen atoms in total. The van der Waals surface area contributed by atoms with Crippen LogP contribution in [0.4, 0.5) is 5.69 Å². The number of nitro groups is 2. The lowest BCUT2D eigenvalue weighted by Crippen LogP contribution is -2.31. The molecule has 2 rings (SSSR count). The van der Waals surface area contributed by atoms with Crippen molar-refractivity contribution in [3.05, 3.63) is 56.3 Å². The summed E-state index contributed by atoms with van der Waals surface area (Å²) < 4.78 is 0. The number of carboxylic acids is 1. The zero-order valence-corrected chi connectivity index (χ0v) is 11.2. The first-order chi connectivity index (χ1) is 10.3. The summed E-state index contributed by atoms with van der Waals surface area (Å²) in [4.78, 5) is 34.1. The SMILES string of the molecule is C=Cc1cc([N+](=O)[O-])c2c(CC(C(=O)O)[N+](=O)[O-])c[nH]c2c1. The molecule has 0 radical (unpaired) electrons. The fourth-order valence-corrected chi connectivity index (χ4v) is 2.22. The molecule has 0 saturated carbocycles. The van der Waals surface area contributed by atoms with Crippen LogP contribution in [0.25, 0.3) is 17.0 Å². The van der Waals surface area contributed by atoms with Crippen LogP contribution in [-0.4, -0.2) is 31.9 Å². The first kappa shape index (κ1) is 15.2. The van der Waals surface area contributed by atoms with Gasteiger partial charge in [-0.2, -0.15) is 0 Å². The molecule has 114 valence electrons. The number of aromatic amines is 1. The third kappa shape index (κ3) is 2.64. The molecule has 0 fully saturated rings. The van der Waals surface area contributed by atoms with Crippen molar-refractivity contribution in [2.24, 2.45) is 0 Å². The number of carbonyl (C=O) groups is 1. The van der Waals surface area contributed by atoms with Gasteiger partial charge in [-0.1, -0.05) is 12.7 Å². The van der Waals surface area contributed by atoms with Crippen molar-refractivity contribution in [2.75, 3.05) is 0 Å². The fourth-order valence-electron chi connectivity index (χ4n) is 2.22. The fraction of sp³-hybridized carbons (Fsp3) is 0.154. The van der Waals surface area contributed by atoms with E-state index < -0.39 is 28.3 Å². The van der Waals surface area contributed by atoms with Crippen molar-refractivity contribution in [1.82, 2.24) is 4.98 Å². The van der Waals surface area contributed by atoms with Gasteiger partial charge in [0.15, 0.2) is 0 Å². The third-order valence-corrected chi connectivity index (χ3v) is 3.25. The molecular weight excluding hydrogens is 294 g/mol. The van der Waals surface area contributed by atoms with E-state index >= 15 is 0 Å². The Morgan fingerprint density at radius 3 is 2.59 bits per heavy atom. The first-order valence-corrected chi connectivity index (χ1v) is 6.12. The van der Waals surface area contributed by atoms with Crippen LogP contribution < -0.4 is 0 Å². The molecule has 0 spiro atoms. The van der Waals surface area contributed by atoms with Gasteiger partial charge in [0, 0.05) is 17.2 Å².